The lowest BCUT2D eigenvalue weighted by atomic mass is 9.83. The SMILES string of the molecule is CC(C)N[C@]1(C)CN(C)C(=O)OCC=CCCCCC[C@@](C)(C(=O)C(C)C)NCC1=O. The maximum atomic E-state index is 13.3. The Bertz CT molecular complexity index is 647. The van der Waals surface area contributed by atoms with Gasteiger partial charge in [0.25, 0.3) is 0 Å². The first-order chi connectivity index (χ1) is 14.4. The minimum Gasteiger partial charge on any atom is -0.445 e. The van der Waals surface area contributed by atoms with Crippen LogP contribution in [0.4, 0.5) is 4.79 Å². The highest BCUT2D eigenvalue weighted by atomic mass is 16.6. The van der Waals surface area contributed by atoms with Gasteiger partial charge < -0.3 is 15.0 Å². The summed E-state index contributed by atoms with van der Waals surface area (Å²) in [4.78, 5) is 40.1. The number of hydrogen-bond donors (Lipinski definition) is 2. The molecular weight excluding hydrogens is 394 g/mol. The quantitative estimate of drug-likeness (QED) is 0.655. The van der Waals surface area contributed by atoms with Gasteiger partial charge in [0.1, 0.15) is 6.61 Å². The summed E-state index contributed by atoms with van der Waals surface area (Å²) in [7, 11) is 1.63. The summed E-state index contributed by atoms with van der Waals surface area (Å²) >= 11 is 0. The summed E-state index contributed by atoms with van der Waals surface area (Å²) in [6, 6.07) is 0.0408. The summed E-state index contributed by atoms with van der Waals surface area (Å²) in [5, 5.41) is 6.60. The third-order valence-electron chi connectivity index (χ3n) is 5.81. The largest absolute Gasteiger partial charge is 0.445 e. The molecule has 0 aromatic carbocycles. The molecule has 31 heavy (non-hydrogen) atoms. The molecule has 0 saturated heterocycles. The maximum absolute atomic E-state index is 13.3. The number of rotatable bonds is 4. The number of carbonyl (C=O) groups is 3. The van der Waals surface area contributed by atoms with Crippen molar-refractivity contribution in [3.8, 4) is 0 Å². The van der Waals surface area contributed by atoms with E-state index in [0.29, 0.717) is 6.42 Å². The Morgan fingerprint density at radius 1 is 1.13 bits per heavy atom. The molecule has 0 aliphatic carbocycles. The monoisotopic (exact) mass is 437 g/mol. The average Bonchev–Trinajstić information content (AvgIpc) is 2.68. The Balaban J connectivity index is 3.14. The number of Topliss-reactive ketones (excluding diaryl/α,β-unsaturated/α-hetero) is 2. The van der Waals surface area contributed by atoms with E-state index in [2.05, 4.69) is 10.6 Å². The van der Waals surface area contributed by atoms with Crippen molar-refractivity contribution >= 4 is 17.7 Å². The molecule has 0 radical (unpaired) electrons. The summed E-state index contributed by atoms with van der Waals surface area (Å²) in [5.41, 5.74) is -1.72. The zero-order valence-electron chi connectivity index (χ0n) is 20.5. The van der Waals surface area contributed by atoms with E-state index in [1.807, 2.05) is 46.8 Å². The zero-order chi connectivity index (χ0) is 23.7. The lowest BCUT2D eigenvalue weighted by Crippen LogP contribution is -2.63. The van der Waals surface area contributed by atoms with Gasteiger partial charge in [-0.2, -0.15) is 0 Å². The molecule has 1 amide bonds. The summed E-state index contributed by atoms with van der Waals surface area (Å²) < 4.78 is 5.30. The molecule has 1 aliphatic rings. The smallest absolute Gasteiger partial charge is 0.409 e. The highest BCUT2D eigenvalue weighted by Gasteiger charge is 2.39. The molecule has 0 bridgehead atoms. The van der Waals surface area contributed by atoms with Crippen LogP contribution in [0.15, 0.2) is 12.2 Å². The van der Waals surface area contributed by atoms with Crippen molar-refractivity contribution in [2.45, 2.75) is 90.8 Å². The van der Waals surface area contributed by atoms with Gasteiger partial charge in [-0.1, -0.05) is 38.8 Å². The van der Waals surface area contributed by atoms with E-state index in [4.69, 9.17) is 4.74 Å². The van der Waals surface area contributed by atoms with E-state index in [9.17, 15) is 14.4 Å². The number of allylic oxidation sites excluding steroid dienone is 1. The van der Waals surface area contributed by atoms with E-state index in [1.165, 1.54) is 4.90 Å². The van der Waals surface area contributed by atoms with Crippen LogP contribution in [0.25, 0.3) is 0 Å². The Kier molecular flexibility index (Phi) is 10.9. The number of ketones is 2. The van der Waals surface area contributed by atoms with Gasteiger partial charge in [0.05, 0.1) is 17.6 Å². The second-order valence-corrected chi connectivity index (χ2v) is 9.76. The highest BCUT2D eigenvalue weighted by Crippen LogP contribution is 2.21. The normalized spacial score (nSPS) is 28.0. The Labute approximate surface area is 188 Å². The molecule has 2 atom stereocenters. The molecule has 1 rings (SSSR count). The van der Waals surface area contributed by atoms with Crippen LogP contribution < -0.4 is 10.6 Å². The van der Waals surface area contributed by atoms with Gasteiger partial charge in [-0.3, -0.25) is 14.9 Å². The molecular formula is C24H43N3O4. The predicted molar refractivity (Wildman–Crippen MR) is 124 cm³/mol. The number of likely N-dealkylation sites (N-methyl/N-ethyl adjacent to an activating group) is 1. The molecule has 1 aliphatic heterocycles. The zero-order valence-corrected chi connectivity index (χ0v) is 20.5. The van der Waals surface area contributed by atoms with Gasteiger partial charge >= 0.3 is 6.09 Å². The van der Waals surface area contributed by atoms with Crippen LogP contribution in [0, 0.1) is 5.92 Å². The Morgan fingerprint density at radius 2 is 1.81 bits per heavy atom. The number of nitrogens with one attached hydrogen (secondary N) is 2. The van der Waals surface area contributed by atoms with E-state index in [0.717, 1.165) is 25.7 Å². The summed E-state index contributed by atoms with van der Waals surface area (Å²) in [6.45, 7) is 11.9. The standard InChI is InChI=1S/C24H43N3O4/c1-18(2)21(29)23(5)14-12-10-8-9-11-13-15-31-22(30)27(7)17-24(6,26-19(3)4)20(28)16-25-23/h11,13,18-19,25-26H,8-10,12,14-17H2,1-7H3/t23-,24+/m0/s1. The van der Waals surface area contributed by atoms with Crippen molar-refractivity contribution in [3.05, 3.63) is 12.2 Å². The molecule has 7 heteroatoms. The Hall–Kier alpha value is -1.73. The van der Waals surface area contributed by atoms with Crippen LogP contribution in [0.1, 0.15) is 73.6 Å². The average molecular weight is 438 g/mol. The van der Waals surface area contributed by atoms with Crippen molar-refractivity contribution < 1.29 is 19.1 Å². The van der Waals surface area contributed by atoms with Gasteiger partial charge in [0.15, 0.2) is 11.6 Å². The Morgan fingerprint density at radius 3 is 2.42 bits per heavy atom. The fourth-order valence-electron chi connectivity index (χ4n) is 4.13. The molecule has 0 unspecified atom stereocenters. The maximum Gasteiger partial charge on any atom is 0.409 e. The third-order valence-corrected chi connectivity index (χ3v) is 5.81. The van der Waals surface area contributed by atoms with Crippen molar-refractivity contribution in [1.82, 2.24) is 15.5 Å². The van der Waals surface area contributed by atoms with E-state index >= 15 is 0 Å². The van der Waals surface area contributed by atoms with Crippen LogP contribution in [-0.4, -0.2) is 66.4 Å². The first-order valence-corrected chi connectivity index (χ1v) is 11.5. The van der Waals surface area contributed by atoms with Gasteiger partial charge in [-0.05, 0) is 47.0 Å². The number of ether oxygens (including phenoxy) is 1. The van der Waals surface area contributed by atoms with E-state index in [-0.39, 0.29) is 43.2 Å². The third kappa shape index (κ3) is 8.73. The van der Waals surface area contributed by atoms with Crippen molar-refractivity contribution in [3.63, 3.8) is 0 Å². The molecule has 2 N–H and O–H groups in total. The summed E-state index contributed by atoms with van der Waals surface area (Å²) in [6.07, 6.45) is 7.92. The molecule has 7 nitrogen and oxygen atoms in total. The lowest BCUT2D eigenvalue weighted by Gasteiger charge is -2.37. The van der Waals surface area contributed by atoms with Crippen molar-refractivity contribution in [2.75, 3.05) is 26.7 Å². The van der Waals surface area contributed by atoms with Gasteiger partial charge in [-0.15, -0.1) is 0 Å². The first-order valence-electron chi connectivity index (χ1n) is 11.5. The fraction of sp³-hybridized carbons (Fsp3) is 0.792. The minimum absolute atomic E-state index is 0.0408. The topological polar surface area (TPSA) is 87.7 Å². The van der Waals surface area contributed by atoms with Crippen LogP contribution in [0.5, 0.6) is 0 Å². The number of amides is 1. The number of cyclic esters (lactones) is 1. The van der Waals surface area contributed by atoms with Crippen molar-refractivity contribution in [2.24, 2.45) is 5.92 Å². The molecule has 1 heterocycles. The molecule has 0 fully saturated rings. The molecule has 0 saturated carbocycles. The van der Waals surface area contributed by atoms with Crippen LogP contribution >= 0.6 is 0 Å². The molecule has 0 spiro atoms. The van der Waals surface area contributed by atoms with Crippen molar-refractivity contribution in [1.29, 1.82) is 0 Å². The molecule has 0 aromatic rings. The van der Waals surface area contributed by atoms with Gasteiger partial charge in [0, 0.05) is 25.6 Å². The first kappa shape index (κ1) is 27.3. The highest BCUT2D eigenvalue weighted by molar-refractivity contribution is 5.93. The minimum atomic E-state index is -0.972. The molecule has 178 valence electrons. The van der Waals surface area contributed by atoms with Crippen LogP contribution in [-0.2, 0) is 14.3 Å². The number of carbonyl (C=O) groups excluding carboxylic acids is 3. The van der Waals surface area contributed by atoms with Gasteiger partial charge in [0.2, 0.25) is 0 Å². The van der Waals surface area contributed by atoms with E-state index in [1.54, 1.807) is 14.0 Å². The number of hydrogen-bond acceptors (Lipinski definition) is 6. The summed E-state index contributed by atoms with van der Waals surface area (Å²) in [5.74, 6) is -0.0871. The van der Waals surface area contributed by atoms with Crippen LogP contribution in [0.2, 0.25) is 0 Å². The molecule has 0 aromatic heterocycles. The predicted octanol–water partition coefficient (Wildman–Crippen LogP) is 3.47. The second kappa shape index (κ2) is 12.3. The lowest BCUT2D eigenvalue weighted by molar-refractivity contribution is -0.129. The fourth-order valence-corrected chi connectivity index (χ4v) is 4.13. The van der Waals surface area contributed by atoms with E-state index < -0.39 is 17.2 Å². The number of nitrogens with zero attached hydrogens (tertiary/aromatic N) is 1. The van der Waals surface area contributed by atoms with Crippen LogP contribution in [0.3, 0.4) is 0 Å². The second-order valence-electron chi connectivity index (χ2n) is 9.76. The van der Waals surface area contributed by atoms with Gasteiger partial charge in [-0.25, -0.2) is 4.79 Å².